The molecule has 2 aromatic carbocycles. The summed E-state index contributed by atoms with van der Waals surface area (Å²) in [5, 5.41) is 16.4. The minimum absolute atomic E-state index is 0.285. The second-order valence-electron chi connectivity index (χ2n) is 5.69. The number of aromatic nitrogens is 3. The summed E-state index contributed by atoms with van der Waals surface area (Å²) in [6.45, 7) is 4.20. The lowest BCUT2D eigenvalue weighted by molar-refractivity contribution is 0.432. The van der Waals surface area contributed by atoms with Gasteiger partial charge < -0.3 is 14.3 Å². The van der Waals surface area contributed by atoms with Crippen molar-refractivity contribution < 1.29 is 8.94 Å². The van der Waals surface area contributed by atoms with Crippen LogP contribution >= 0.6 is 0 Å². The summed E-state index contributed by atoms with van der Waals surface area (Å²) in [7, 11) is 0. The van der Waals surface area contributed by atoms with Crippen LogP contribution in [0.4, 0.5) is 5.69 Å². The molecule has 0 aliphatic rings. The molecule has 0 radical (unpaired) electrons. The maximum absolute atomic E-state index is 11.3. The number of hydrogen-bond acceptors (Lipinski definition) is 7. The van der Waals surface area contributed by atoms with Crippen molar-refractivity contribution in [2.45, 2.75) is 0 Å². The van der Waals surface area contributed by atoms with Gasteiger partial charge in [0.2, 0.25) is 5.82 Å². The largest absolute Gasteiger partial charge is 0.417 e. The molecule has 0 saturated carbocycles. The predicted molar refractivity (Wildman–Crippen MR) is 99.0 cm³/mol. The monoisotopic (exact) mass is 359 g/mol. The van der Waals surface area contributed by atoms with E-state index in [0.717, 1.165) is 0 Å². The molecule has 0 aliphatic heterocycles. The zero-order valence-corrected chi connectivity index (χ0v) is 14.0. The molecular weight excluding hydrogens is 346 g/mol. The number of nitrogens with zero attached hydrogens (tertiary/aromatic N) is 3. The summed E-state index contributed by atoms with van der Waals surface area (Å²) >= 11 is 0. The Bertz CT molecular complexity index is 1240. The molecule has 132 valence electrons. The summed E-state index contributed by atoms with van der Waals surface area (Å²) in [5.74, 6) is 0.112. The Morgan fingerprint density at radius 3 is 2.93 bits per heavy atom. The van der Waals surface area contributed by atoms with Crippen LogP contribution in [0.2, 0.25) is 0 Å². The van der Waals surface area contributed by atoms with Crippen LogP contribution in [0.5, 0.6) is 0 Å². The van der Waals surface area contributed by atoms with Gasteiger partial charge in [-0.05, 0) is 36.4 Å². The third-order valence-corrected chi connectivity index (χ3v) is 3.93. The van der Waals surface area contributed by atoms with Crippen LogP contribution in [0, 0.1) is 11.3 Å². The number of nitrogens with one attached hydrogen (secondary N) is 2. The lowest BCUT2D eigenvalue weighted by atomic mass is 10.1. The van der Waals surface area contributed by atoms with E-state index in [1.165, 1.54) is 0 Å². The van der Waals surface area contributed by atoms with Crippen molar-refractivity contribution in [2.24, 2.45) is 0 Å². The highest BCUT2D eigenvalue weighted by atomic mass is 16.5. The quantitative estimate of drug-likeness (QED) is 0.524. The molecule has 27 heavy (non-hydrogen) atoms. The third-order valence-electron chi connectivity index (χ3n) is 3.93. The first-order valence-corrected chi connectivity index (χ1v) is 8.04. The van der Waals surface area contributed by atoms with Gasteiger partial charge in [-0.15, -0.1) is 6.58 Å². The Morgan fingerprint density at radius 2 is 2.11 bits per heavy atom. The topological polar surface area (TPSA) is 121 Å². The Morgan fingerprint density at radius 1 is 1.26 bits per heavy atom. The Kier molecular flexibility index (Phi) is 4.03. The first kappa shape index (κ1) is 16.4. The normalized spacial score (nSPS) is 10.6. The summed E-state index contributed by atoms with van der Waals surface area (Å²) < 4.78 is 10.4. The predicted octanol–water partition coefficient (Wildman–Crippen LogP) is 3.31. The van der Waals surface area contributed by atoms with E-state index in [-0.39, 0.29) is 5.89 Å². The van der Waals surface area contributed by atoms with Crippen LogP contribution < -0.4 is 11.1 Å². The van der Waals surface area contributed by atoms with E-state index in [1.54, 1.807) is 42.5 Å². The Labute approximate surface area is 152 Å². The van der Waals surface area contributed by atoms with Crippen molar-refractivity contribution >= 4 is 16.8 Å². The molecule has 4 aromatic rings. The fourth-order valence-electron chi connectivity index (χ4n) is 2.65. The van der Waals surface area contributed by atoms with Gasteiger partial charge in [0.05, 0.1) is 16.8 Å². The Hall–Kier alpha value is -4.12. The number of aromatic amines is 1. The van der Waals surface area contributed by atoms with Crippen molar-refractivity contribution in [3.05, 3.63) is 65.2 Å². The summed E-state index contributed by atoms with van der Waals surface area (Å²) in [4.78, 5) is 18.2. The van der Waals surface area contributed by atoms with Gasteiger partial charge in [0, 0.05) is 17.7 Å². The highest BCUT2D eigenvalue weighted by molar-refractivity contribution is 5.78. The van der Waals surface area contributed by atoms with E-state index in [4.69, 9.17) is 8.94 Å². The highest BCUT2D eigenvalue weighted by Gasteiger charge is 2.14. The molecule has 0 atom stereocenters. The van der Waals surface area contributed by atoms with E-state index in [1.807, 2.05) is 0 Å². The second kappa shape index (κ2) is 6.65. The van der Waals surface area contributed by atoms with Crippen LogP contribution in [0.1, 0.15) is 5.56 Å². The van der Waals surface area contributed by atoms with Crippen LogP contribution in [-0.4, -0.2) is 21.7 Å². The molecule has 0 saturated heterocycles. The minimum atomic E-state index is -0.523. The van der Waals surface area contributed by atoms with Crippen LogP contribution in [0.25, 0.3) is 33.9 Å². The number of oxazole rings is 1. The first-order valence-electron chi connectivity index (χ1n) is 8.04. The number of H-pyrrole nitrogens is 1. The molecule has 0 aliphatic carbocycles. The Balaban J connectivity index is 1.68. The molecule has 0 bridgehead atoms. The fourth-order valence-corrected chi connectivity index (χ4v) is 2.65. The van der Waals surface area contributed by atoms with Crippen molar-refractivity contribution in [3.8, 4) is 28.9 Å². The average Bonchev–Trinajstić information content (AvgIpc) is 3.31. The number of nitriles is 1. The molecular formula is C19H13N5O3. The van der Waals surface area contributed by atoms with Crippen molar-refractivity contribution in [3.63, 3.8) is 0 Å². The van der Waals surface area contributed by atoms with Gasteiger partial charge >= 0.3 is 5.76 Å². The summed E-state index contributed by atoms with van der Waals surface area (Å²) in [6, 6.07) is 12.5. The van der Waals surface area contributed by atoms with Crippen LogP contribution in [-0.2, 0) is 0 Å². The standard InChI is InChI=1S/C19H13N5O3/c1-2-7-21-14-5-4-12(8-13(14)10-20)18-23-17(24-27-18)11-3-6-15-16(9-11)26-19(25)22-15/h2-6,8-9,21H,1,7H2,(H,22,25). The van der Waals surface area contributed by atoms with Crippen molar-refractivity contribution in [1.82, 2.24) is 15.1 Å². The van der Waals surface area contributed by atoms with E-state index in [0.29, 0.717) is 45.8 Å². The lowest BCUT2D eigenvalue weighted by Crippen LogP contribution is -2.00. The molecule has 0 amide bonds. The van der Waals surface area contributed by atoms with Crippen LogP contribution in [0.3, 0.4) is 0 Å². The average molecular weight is 359 g/mol. The van der Waals surface area contributed by atoms with Crippen molar-refractivity contribution in [1.29, 1.82) is 5.26 Å². The van der Waals surface area contributed by atoms with Gasteiger partial charge in [0.1, 0.15) is 6.07 Å². The maximum Gasteiger partial charge on any atom is 0.417 e. The van der Waals surface area contributed by atoms with E-state index in [2.05, 4.69) is 33.1 Å². The van der Waals surface area contributed by atoms with Crippen molar-refractivity contribution in [2.75, 3.05) is 11.9 Å². The first-order chi connectivity index (χ1) is 13.2. The smallest absolute Gasteiger partial charge is 0.408 e. The van der Waals surface area contributed by atoms with Gasteiger partial charge in [-0.25, -0.2) is 4.79 Å². The molecule has 2 aromatic heterocycles. The second-order valence-corrected chi connectivity index (χ2v) is 5.69. The zero-order chi connectivity index (χ0) is 18.8. The third kappa shape index (κ3) is 3.09. The molecule has 2 heterocycles. The molecule has 0 unspecified atom stereocenters. The van der Waals surface area contributed by atoms with Gasteiger partial charge in [0.15, 0.2) is 5.58 Å². The van der Waals surface area contributed by atoms with Gasteiger partial charge in [0.25, 0.3) is 5.89 Å². The number of benzene rings is 2. The van der Waals surface area contributed by atoms with Gasteiger partial charge in [-0.2, -0.15) is 10.2 Å². The molecule has 4 rings (SSSR count). The summed E-state index contributed by atoms with van der Waals surface area (Å²) in [6.07, 6.45) is 1.71. The number of hydrogen-bond donors (Lipinski definition) is 2. The molecule has 8 heteroatoms. The van der Waals surface area contributed by atoms with E-state index >= 15 is 0 Å². The van der Waals surface area contributed by atoms with E-state index < -0.39 is 5.76 Å². The SMILES string of the molecule is C=CCNc1ccc(-c2nc(-c3ccc4[nH]c(=O)oc4c3)no2)cc1C#N. The minimum Gasteiger partial charge on any atom is -0.408 e. The van der Waals surface area contributed by atoms with E-state index in [9.17, 15) is 10.1 Å². The molecule has 2 N–H and O–H groups in total. The van der Waals surface area contributed by atoms with Crippen LogP contribution in [0.15, 0.2) is 62.8 Å². The zero-order valence-electron chi connectivity index (χ0n) is 14.0. The molecule has 8 nitrogen and oxygen atoms in total. The number of anilines is 1. The molecule has 0 fully saturated rings. The highest BCUT2D eigenvalue weighted by Crippen LogP contribution is 2.27. The van der Waals surface area contributed by atoms with Gasteiger partial charge in [-0.3, -0.25) is 4.98 Å². The fraction of sp³-hybridized carbons (Fsp3) is 0.0526. The lowest BCUT2D eigenvalue weighted by Gasteiger charge is -2.06. The number of fused-ring (bicyclic) bond motifs is 1. The molecule has 0 spiro atoms. The summed E-state index contributed by atoms with van der Waals surface area (Å²) in [5.41, 5.74) is 3.44. The number of rotatable bonds is 5. The maximum atomic E-state index is 11.3. The van der Waals surface area contributed by atoms with Gasteiger partial charge in [-0.1, -0.05) is 11.2 Å².